The van der Waals surface area contributed by atoms with Crippen LogP contribution in [-0.2, 0) is 16.6 Å². The number of nitrogens with zero attached hydrogens (tertiary/aromatic N) is 2. The van der Waals surface area contributed by atoms with Gasteiger partial charge in [0.05, 0.1) is 10.6 Å². The molecule has 0 unspecified atom stereocenters. The predicted molar refractivity (Wildman–Crippen MR) is 117 cm³/mol. The van der Waals surface area contributed by atoms with Crippen LogP contribution in [0.3, 0.4) is 0 Å². The minimum atomic E-state index is -4.05. The quantitative estimate of drug-likeness (QED) is 0.463. The highest BCUT2D eigenvalue weighted by atomic mass is 32.2. The van der Waals surface area contributed by atoms with Crippen molar-refractivity contribution in [2.75, 3.05) is 17.4 Å². The van der Waals surface area contributed by atoms with Gasteiger partial charge in [0.1, 0.15) is 23.3 Å². The topological polar surface area (TPSA) is 40.6 Å². The van der Waals surface area contributed by atoms with Crippen LogP contribution in [0.25, 0.3) is 0 Å². The van der Waals surface area contributed by atoms with Gasteiger partial charge in [-0.15, -0.1) is 0 Å². The normalized spacial score (nSPS) is 15.5. The molecule has 0 radical (unpaired) electrons. The number of anilines is 1. The third kappa shape index (κ3) is 5.20. The van der Waals surface area contributed by atoms with Crippen molar-refractivity contribution in [2.24, 2.45) is 0 Å². The van der Waals surface area contributed by atoms with Crippen molar-refractivity contribution in [3.05, 3.63) is 95.6 Å². The molecule has 4 nitrogen and oxygen atoms in total. The standard InChI is InChI=1S/C24H22F4N2O2S/c25-18-3-7-21(8-4-18)30(33(31,32)23-9-5-19(26)6-10-23)22-11-13-29(14-12-22)16-17-1-2-20(27)15-24(17)28/h1-10,15,22H,11-14,16H2. The Bertz CT molecular complexity index is 1210. The summed E-state index contributed by atoms with van der Waals surface area (Å²) in [6.45, 7) is 1.25. The lowest BCUT2D eigenvalue weighted by molar-refractivity contribution is 0.204. The van der Waals surface area contributed by atoms with E-state index in [9.17, 15) is 26.0 Å². The Labute approximate surface area is 190 Å². The van der Waals surface area contributed by atoms with E-state index in [1.165, 1.54) is 52.8 Å². The smallest absolute Gasteiger partial charge is 0.264 e. The Hall–Kier alpha value is -2.91. The maximum absolute atomic E-state index is 14.0. The van der Waals surface area contributed by atoms with Crippen molar-refractivity contribution in [3.8, 4) is 0 Å². The summed E-state index contributed by atoms with van der Waals surface area (Å²) in [7, 11) is -4.05. The highest BCUT2D eigenvalue weighted by Crippen LogP contribution is 2.31. The molecule has 0 aromatic heterocycles. The molecule has 9 heteroatoms. The monoisotopic (exact) mass is 478 g/mol. The summed E-state index contributed by atoms with van der Waals surface area (Å²) in [4.78, 5) is 1.91. The second kappa shape index (κ2) is 9.52. The lowest BCUT2D eigenvalue weighted by Crippen LogP contribution is -2.47. The van der Waals surface area contributed by atoms with Gasteiger partial charge in [-0.3, -0.25) is 9.21 Å². The molecule has 0 saturated carbocycles. The molecule has 174 valence electrons. The fourth-order valence-electron chi connectivity index (χ4n) is 4.06. The van der Waals surface area contributed by atoms with E-state index in [1.807, 2.05) is 4.90 Å². The number of halogens is 4. The first-order chi connectivity index (χ1) is 15.7. The predicted octanol–water partition coefficient (Wildman–Crippen LogP) is 5.10. The largest absolute Gasteiger partial charge is 0.299 e. The molecule has 0 amide bonds. The molecule has 1 fully saturated rings. The van der Waals surface area contributed by atoms with Crippen LogP contribution in [0.2, 0.25) is 0 Å². The van der Waals surface area contributed by atoms with Gasteiger partial charge >= 0.3 is 0 Å². The van der Waals surface area contributed by atoms with Gasteiger partial charge in [-0.25, -0.2) is 26.0 Å². The molecule has 1 saturated heterocycles. The Morgan fingerprint density at radius 2 is 1.33 bits per heavy atom. The van der Waals surface area contributed by atoms with Crippen molar-refractivity contribution < 1.29 is 26.0 Å². The molecule has 33 heavy (non-hydrogen) atoms. The molecule has 0 N–H and O–H groups in total. The van der Waals surface area contributed by atoms with Crippen molar-refractivity contribution in [1.29, 1.82) is 0 Å². The molecule has 1 heterocycles. The summed E-state index contributed by atoms with van der Waals surface area (Å²) in [5.41, 5.74) is 0.674. The Morgan fingerprint density at radius 3 is 1.91 bits per heavy atom. The molecule has 0 bridgehead atoms. The van der Waals surface area contributed by atoms with Crippen LogP contribution in [0.4, 0.5) is 23.2 Å². The van der Waals surface area contributed by atoms with Crippen LogP contribution in [-0.4, -0.2) is 32.4 Å². The zero-order valence-electron chi connectivity index (χ0n) is 17.6. The first-order valence-electron chi connectivity index (χ1n) is 10.5. The van der Waals surface area contributed by atoms with E-state index < -0.39 is 39.3 Å². The molecular weight excluding hydrogens is 456 g/mol. The molecule has 0 spiro atoms. The number of likely N-dealkylation sites (tertiary alicyclic amines) is 1. The van der Waals surface area contributed by atoms with Crippen LogP contribution >= 0.6 is 0 Å². The molecule has 3 aromatic carbocycles. The molecule has 4 rings (SSSR count). The van der Waals surface area contributed by atoms with Crippen LogP contribution in [0, 0.1) is 23.3 Å². The number of benzene rings is 3. The first kappa shape index (κ1) is 23.3. The van der Waals surface area contributed by atoms with Gasteiger partial charge in [0.25, 0.3) is 10.0 Å². The summed E-state index contributed by atoms with van der Waals surface area (Å²) in [5.74, 6) is -2.31. The molecule has 0 aliphatic carbocycles. The fraction of sp³-hybridized carbons (Fsp3) is 0.250. The zero-order valence-corrected chi connectivity index (χ0v) is 18.4. The molecular formula is C24H22F4N2O2S. The first-order valence-corrected chi connectivity index (χ1v) is 11.9. The van der Waals surface area contributed by atoms with E-state index >= 15 is 0 Å². The van der Waals surface area contributed by atoms with Crippen LogP contribution in [0.5, 0.6) is 0 Å². The van der Waals surface area contributed by atoms with Crippen molar-refractivity contribution >= 4 is 15.7 Å². The second-order valence-corrected chi connectivity index (χ2v) is 9.79. The summed E-state index contributed by atoms with van der Waals surface area (Å²) >= 11 is 0. The lowest BCUT2D eigenvalue weighted by atomic mass is 10.0. The highest BCUT2D eigenvalue weighted by Gasteiger charge is 2.34. The van der Waals surface area contributed by atoms with Gasteiger partial charge in [0, 0.05) is 37.3 Å². The Morgan fingerprint density at radius 1 is 0.788 bits per heavy atom. The van der Waals surface area contributed by atoms with Crippen LogP contribution in [0.15, 0.2) is 71.6 Å². The summed E-state index contributed by atoms with van der Waals surface area (Å²) in [6, 6.07) is 12.8. The van der Waals surface area contributed by atoms with E-state index in [0.717, 1.165) is 18.2 Å². The number of hydrogen-bond acceptors (Lipinski definition) is 3. The molecule has 0 atom stereocenters. The fourth-order valence-corrected chi connectivity index (χ4v) is 5.77. The average Bonchev–Trinajstić information content (AvgIpc) is 2.78. The van der Waals surface area contributed by atoms with E-state index in [4.69, 9.17) is 0 Å². The third-order valence-electron chi connectivity index (χ3n) is 5.75. The average molecular weight is 479 g/mol. The lowest BCUT2D eigenvalue weighted by Gasteiger charge is -2.39. The number of rotatable bonds is 6. The molecule has 1 aliphatic heterocycles. The Kier molecular flexibility index (Phi) is 6.71. The number of hydrogen-bond donors (Lipinski definition) is 0. The third-order valence-corrected chi connectivity index (χ3v) is 7.64. The van der Waals surface area contributed by atoms with E-state index in [2.05, 4.69) is 0 Å². The summed E-state index contributed by atoms with van der Waals surface area (Å²) in [6.07, 6.45) is 0.890. The summed E-state index contributed by atoms with van der Waals surface area (Å²) < 4.78 is 82.3. The number of sulfonamides is 1. The van der Waals surface area contributed by atoms with Crippen molar-refractivity contribution in [3.63, 3.8) is 0 Å². The minimum Gasteiger partial charge on any atom is -0.299 e. The number of piperidine rings is 1. The van der Waals surface area contributed by atoms with E-state index in [-0.39, 0.29) is 11.4 Å². The maximum atomic E-state index is 14.0. The Balaban J connectivity index is 1.57. The van der Waals surface area contributed by atoms with Gasteiger partial charge in [0.15, 0.2) is 0 Å². The van der Waals surface area contributed by atoms with Crippen LogP contribution in [0.1, 0.15) is 18.4 Å². The van der Waals surface area contributed by atoms with Crippen molar-refractivity contribution in [2.45, 2.75) is 30.3 Å². The van der Waals surface area contributed by atoms with Crippen molar-refractivity contribution in [1.82, 2.24) is 4.90 Å². The van der Waals surface area contributed by atoms with Gasteiger partial charge in [-0.2, -0.15) is 0 Å². The SMILES string of the molecule is O=S(=O)(c1ccc(F)cc1)N(c1ccc(F)cc1)C1CCN(Cc2ccc(F)cc2F)CC1. The van der Waals surface area contributed by atoms with Gasteiger partial charge < -0.3 is 0 Å². The summed E-state index contributed by atoms with van der Waals surface area (Å²) in [5, 5.41) is 0. The van der Waals surface area contributed by atoms with Gasteiger partial charge in [0.2, 0.25) is 0 Å². The van der Waals surface area contributed by atoms with Crippen LogP contribution < -0.4 is 4.31 Å². The zero-order chi connectivity index (χ0) is 23.6. The second-order valence-electron chi connectivity index (χ2n) is 7.97. The van der Waals surface area contributed by atoms with Gasteiger partial charge in [-0.05, 0) is 67.4 Å². The maximum Gasteiger partial charge on any atom is 0.264 e. The van der Waals surface area contributed by atoms with Gasteiger partial charge in [-0.1, -0.05) is 6.07 Å². The van der Waals surface area contributed by atoms with E-state index in [1.54, 1.807) is 0 Å². The molecule has 3 aromatic rings. The van der Waals surface area contributed by atoms with E-state index in [0.29, 0.717) is 37.2 Å². The highest BCUT2D eigenvalue weighted by molar-refractivity contribution is 7.92. The molecule has 1 aliphatic rings. The minimum absolute atomic E-state index is 0.0657.